The summed E-state index contributed by atoms with van der Waals surface area (Å²) >= 11 is 3.04. The molecular formula is C12H17N5S2. The highest BCUT2D eigenvalue weighted by Gasteiger charge is 2.02. The second-order valence-corrected chi connectivity index (χ2v) is 5.99. The molecular weight excluding hydrogens is 278 g/mol. The van der Waals surface area contributed by atoms with E-state index >= 15 is 0 Å². The van der Waals surface area contributed by atoms with Gasteiger partial charge >= 0.3 is 0 Å². The average molecular weight is 295 g/mol. The molecule has 0 fully saturated rings. The second kappa shape index (κ2) is 6.72. The van der Waals surface area contributed by atoms with Gasteiger partial charge in [-0.05, 0) is 35.8 Å². The van der Waals surface area contributed by atoms with Gasteiger partial charge in [-0.3, -0.25) is 0 Å². The van der Waals surface area contributed by atoms with Gasteiger partial charge in [-0.15, -0.1) is 0 Å². The van der Waals surface area contributed by atoms with Gasteiger partial charge in [-0.1, -0.05) is 17.8 Å². The van der Waals surface area contributed by atoms with Crippen LogP contribution in [0.3, 0.4) is 0 Å². The summed E-state index contributed by atoms with van der Waals surface area (Å²) in [6.45, 7) is 0.813. The number of aromatic nitrogens is 3. The first-order chi connectivity index (χ1) is 9.19. The normalized spacial score (nSPS) is 10.5. The van der Waals surface area contributed by atoms with Crippen molar-refractivity contribution in [3.8, 4) is 0 Å². The molecule has 0 bridgehead atoms. The molecule has 102 valence electrons. The second-order valence-electron chi connectivity index (χ2n) is 4.18. The van der Waals surface area contributed by atoms with E-state index in [9.17, 15) is 0 Å². The molecule has 0 saturated carbocycles. The SMILES string of the molecule is CSc1nc(NCCc2ccc(N(C)C)nc2)ns1. The van der Waals surface area contributed by atoms with Crippen molar-refractivity contribution in [3.05, 3.63) is 23.9 Å². The molecule has 0 radical (unpaired) electrons. The first-order valence-electron chi connectivity index (χ1n) is 5.93. The lowest BCUT2D eigenvalue weighted by atomic mass is 10.2. The van der Waals surface area contributed by atoms with Crippen LogP contribution in [-0.4, -0.2) is 41.2 Å². The number of thioether (sulfide) groups is 1. The van der Waals surface area contributed by atoms with E-state index < -0.39 is 0 Å². The van der Waals surface area contributed by atoms with Crippen molar-refractivity contribution in [3.63, 3.8) is 0 Å². The third-order valence-electron chi connectivity index (χ3n) is 2.55. The number of hydrogen-bond acceptors (Lipinski definition) is 7. The Labute approximate surface area is 121 Å². The minimum absolute atomic E-state index is 0.715. The lowest BCUT2D eigenvalue weighted by molar-refractivity contribution is 0.974. The molecule has 2 heterocycles. The summed E-state index contributed by atoms with van der Waals surface area (Å²) in [7, 11) is 3.97. The summed E-state index contributed by atoms with van der Waals surface area (Å²) in [4.78, 5) is 10.7. The third kappa shape index (κ3) is 4.07. The molecule has 0 aromatic carbocycles. The molecule has 2 rings (SSSR count). The molecule has 0 saturated heterocycles. The van der Waals surface area contributed by atoms with Crippen molar-refractivity contribution in [2.24, 2.45) is 0 Å². The molecule has 2 aromatic heterocycles. The van der Waals surface area contributed by atoms with E-state index in [1.807, 2.05) is 37.5 Å². The summed E-state index contributed by atoms with van der Waals surface area (Å²) in [5.41, 5.74) is 1.21. The Bertz CT molecular complexity index is 509. The Morgan fingerprint density at radius 2 is 2.21 bits per heavy atom. The molecule has 7 heteroatoms. The third-order valence-corrected chi connectivity index (χ3v) is 4.22. The molecule has 0 atom stereocenters. The highest BCUT2D eigenvalue weighted by atomic mass is 32.2. The zero-order valence-electron chi connectivity index (χ0n) is 11.3. The van der Waals surface area contributed by atoms with Gasteiger partial charge in [-0.2, -0.15) is 9.36 Å². The number of rotatable bonds is 6. The molecule has 19 heavy (non-hydrogen) atoms. The molecule has 5 nitrogen and oxygen atoms in total. The maximum Gasteiger partial charge on any atom is 0.235 e. The lowest BCUT2D eigenvalue weighted by Gasteiger charge is -2.11. The van der Waals surface area contributed by atoms with Gasteiger partial charge in [0.15, 0.2) is 4.34 Å². The van der Waals surface area contributed by atoms with Crippen molar-refractivity contribution in [2.45, 2.75) is 10.8 Å². The molecule has 0 aliphatic heterocycles. The fourth-order valence-electron chi connectivity index (χ4n) is 1.51. The number of hydrogen-bond donors (Lipinski definition) is 1. The predicted octanol–water partition coefficient (Wildman–Crippen LogP) is 2.38. The Morgan fingerprint density at radius 3 is 2.79 bits per heavy atom. The van der Waals surface area contributed by atoms with Crippen molar-refractivity contribution in [1.82, 2.24) is 14.3 Å². The van der Waals surface area contributed by atoms with Crippen molar-refractivity contribution in [2.75, 3.05) is 37.1 Å². The van der Waals surface area contributed by atoms with E-state index in [-0.39, 0.29) is 0 Å². The molecule has 0 spiro atoms. The Hall–Kier alpha value is -1.34. The fourth-order valence-corrected chi connectivity index (χ4v) is 2.50. The quantitative estimate of drug-likeness (QED) is 0.826. The van der Waals surface area contributed by atoms with Crippen molar-refractivity contribution < 1.29 is 0 Å². The zero-order valence-corrected chi connectivity index (χ0v) is 12.9. The highest BCUT2D eigenvalue weighted by molar-refractivity contribution is 8.00. The van der Waals surface area contributed by atoms with E-state index in [4.69, 9.17) is 0 Å². The topological polar surface area (TPSA) is 53.9 Å². The minimum atomic E-state index is 0.715. The summed E-state index contributed by atoms with van der Waals surface area (Å²) in [5, 5.41) is 3.22. The van der Waals surface area contributed by atoms with Gasteiger partial charge in [0.05, 0.1) is 0 Å². The Balaban J connectivity index is 1.82. The summed E-state index contributed by atoms with van der Waals surface area (Å²) in [5.74, 6) is 1.69. The smallest absolute Gasteiger partial charge is 0.235 e. The van der Waals surface area contributed by atoms with E-state index in [0.717, 1.165) is 23.1 Å². The number of pyridine rings is 1. The lowest BCUT2D eigenvalue weighted by Crippen LogP contribution is -2.11. The van der Waals surface area contributed by atoms with Crippen LogP contribution in [0.25, 0.3) is 0 Å². The maximum absolute atomic E-state index is 4.39. The number of anilines is 2. The fraction of sp³-hybridized carbons (Fsp3) is 0.417. The van der Waals surface area contributed by atoms with Gasteiger partial charge < -0.3 is 10.2 Å². The van der Waals surface area contributed by atoms with Crippen LogP contribution in [0.2, 0.25) is 0 Å². The van der Waals surface area contributed by atoms with E-state index in [1.165, 1.54) is 17.1 Å². The number of nitrogens with zero attached hydrogens (tertiary/aromatic N) is 4. The average Bonchev–Trinajstić information content (AvgIpc) is 2.87. The van der Waals surface area contributed by atoms with Crippen molar-refractivity contribution >= 4 is 35.1 Å². The highest BCUT2D eigenvalue weighted by Crippen LogP contribution is 2.18. The molecule has 2 aromatic rings. The van der Waals surface area contributed by atoms with Crippen LogP contribution in [0.4, 0.5) is 11.8 Å². The summed E-state index contributed by atoms with van der Waals surface area (Å²) < 4.78 is 5.22. The molecule has 0 amide bonds. The van der Waals surface area contributed by atoms with Crippen LogP contribution >= 0.6 is 23.3 Å². The van der Waals surface area contributed by atoms with Gasteiger partial charge in [0.1, 0.15) is 5.82 Å². The van der Waals surface area contributed by atoms with Crippen LogP contribution in [-0.2, 0) is 6.42 Å². The van der Waals surface area contributed by atoms with Crippen LogP contribution in [0.1, 0.15) is 5.56 Å². The standard InChI is InChI=1S/C12H17N5S2/c1-17(2)10-5-4-9(8-14-10)6-7-13-11-15-12(18-3)19-16-11/h4-5,8H,6-7H2,1-3H3,(H,13,16). The van der Waals surface area contributed by atoms with Gasteiger partial charge in [0, 0.05) is 26.8 Å². The Morgan fingerprint density at radius 1 is 1.37 bits per heavy atom. The van der Waals surface area contributed by atoms with Crippen LogP contribution in [0, 0.1) is 0 Å². The Kier molecular flexibility index (Phi) is 4.98. The maximum atomic E-state index is 4.39. The molecule has 0 unspecified atom stereocenters. The van der Waals surface area contributed by atoms with Crippen LogP contribution in [0.15, 0.2) is 22.7 Å². The first-order valence-corrected chi connectivity index (χ1v) is 7.92. The summed E-state index contributed by atoms with van der Waals surface area (Å²) in [6, 6.07) is 4.13. The minimum Gasteiger partial charge on any atom is -0.363 e. The van der Waals surface area contributed by atoms with E-state index in [1.54, 1.807) is 11.8 Å². The molecule has 1 N–H and O–H groups in total. The van der Waals surface area contributed by atoms with Gasteiger partial charge in [0.2, 0.25) is 5.95 Å². The van der Waals surface area contributed by atoms with E-state index in [2.05, 4.69) is 25.7 Å². The van der Waals surface area contributed by atoms with Gasteiger partial charge in [0.25, 0.3) is 0 Å². The molecule has 0 aliphatic carbocycles. The monoisotopic (exact) mass is 295 g/mol. The molecule has 0 aliphatic rings. The predicted molar refractivity (Wildman–Crippen MR) is 82.4 cm³/mol. The van der Waals surface area contributed by atoms with Crippen LogP contribution < -0.4 is 10.2 Å². The van der Waals surface area contributed by atoms with E-state index in [0.29, 0.717) is 5.95 Å². The number of nitrogens with one attached hydrogen (secondary N) is 1. The largest absolute Gasteiger partial charge is 0.363 e. The van der Waals surface area contributed by atoms with Crippen LogP contribution in [0.5, 0.6) is 0 Å². The van der Waals surface area contributed by atoms with Crippen molar-refractivity contribution in [1.29, 1.82) is 0 Å². The first kappa shape index (κ1) is 14.1. The summed E-state index contributed by atoms with van der Waals surface area (Å²) in [6.07, 6.45) is 4.83. The zero-order chi connectivity index (χ0) is 13.7. The van der Waals surface area contributed by atoms with Gasteiger partial charge in [-0.25, -0.2) is 4.98 Å².